The Bertz CT molecular complexity index is 225. The molecule has 0 aromatic rings. The largest absolute Gasteiger partial charge is 0 e. The molecule has 8 nitrogen and oxygen atoms in total. The summed E-state index contributed by atoms with van der Waals surface area (Å²) in [7, 11) is -4.72. The molecule has 0 radical (unpaired) electrons. The summed E-state index contributed by atoms with van der Waals surface area (Å²) < 4.78 is 38.8. The quantitative estimate of drug-likeness (QED) is 0.178. The van der Waals surface area contributed by atoms with Crippen molar-refractivity contribution in [3.63, 3.8) is 0 Å². The van der Waals surface area contributed by atoms with Gasteiger partial charge in [-0.05, 0) is 0 Å². The van der Waals surface area contributed by atoms with Crippen LogP contribution in [0.15, 0.2) is 0 Å². The normalized spacial score (nSPS) is 15.5. The molecule has 0 spiro atoms. The molecule has 0 saturated carbocycles. The van der Waals surface area contributed by atoms with Crippen molar-refractivity contribution in [2.24, 2.45) is 0 Å². The Labute approximate surface area is 129 Å². The first kappa shape index (κ1) is 25.1. The first-order valence-corrected chi connectivity index (χ1v) is 3.89. The summed E-state index contributed by atoms with van der Waals surface area (Å²) in [5.41, 5.74) is 0. The van der Waals surface area contributed by atoms with Gasteiger partial charge >= 0.3 is 40.3 Å². The zero-order valence-electron chi connectivity index (χ0n) is 6.87. The minimum atomic E-state index is -4.72. The molecule has 1 aliphatic heterocycles. The van der Waals surface area contributed by atoms with Crippen LogP contribution in [-0.4, -0.2) is 24.2 Å². The maximum atomic E-state index is 9.70. The Morgan fingerprint density at radius 1 is 1.14 bits per heavy atom. The van der Waals surface area contributed by atoms with Crippen LogP contribution in [0, 0.1) is 0 Å². The van der Waals surface area contributed by atoms with Gasteiger partial charge in [-0.25, -0.2) is 0 Å². The maximum Gasteiger partial charge on any atom is 0 e. The molecule has 1 saturated heterocycles. The van der Waals surface area contributed by atoms with E-state index >= 15 is 0 Å². The molecule has 70 valence electrons. The van der Waals surface area contributed by atoms with Gasteiger partial charge in [-0.2, -0.15) is 12.6 Å². The van der Waals surface area contributed by atoms with Gasteiger partial charge in [0.15, 0.2) is 0 Å². The van der Waals surface area contributed by atoms with E-state index in [0.717, 1.165) is 20.4 Å². The number of aliphatic hydroxyl groups is 1. The molecule has 0 aliphatic carbocycles. The fraction of sp³-hybridized carbons (Fsp3) is 1.00. The van der Waals surface area contributed by atoms with Crippen LogP contribution in [0.1, 0.15) is 0 Å². The van der Waals surface area contributed by atoms with Gasteiger partial charge in [-0.15, -0.1) is 9.78 Å². The van der Waals surface area contributed by atoms with E-state index in [9.17, 15) is 8.42 Å². The van der Waals surface area contributed by atoms with Crippen molar-refractivity contribution in [1.29, 1.82) is 0 Å². The Morgan fingerprint density at radius 3 is 1.50 bits per heavy atom. The minimum Gasteiger partial charge on any atom is 0 e. The van der Waals surface area contributed by atoms with Crippen molar-refractivity contribution in [2.45, 2.75) is 6.16 Å². The topological polar surface area (TPSA) is 126 Å². The van der Waals surface area contributed by atoms with Gasteiger partial charge in [0.1, 0.15) is 0 Å². The van der Waals surface area contributed by atoms with Gasteiger partial charge in [-0.1, -0.05) is 0 Å². The average molecular weight is 418 g/mol. The van der Waals surface area contributed by atoms with Crippen LogP contribution < -0.4 is 0 Å². The summed E-state index contributed by atoms with van der Waals surface area (Å²) >= 11 is 0.750. The Balaban J connectivity index is -0.0000000942. The molecule has 0 aromatic heterocycles. The van der Waals surface area contributed by atoms with Crippen molar-refractivity contribution < 1.29 is 114 Å². The van der Waals surface area contributed by atoms with E-state index in [-0.39, 0.29) is 58.4 Å². The summed E-state index contributed by atoms with van der Waals surface area (Å²) in [4.78, 5) is 7.13. The van der Waals surface area contributed by atoms with Gasteiger partial charge in [0.2, 0.25) is 0 Å². The second kappa shape index (κ2) is 10.3. The van der Waals surface area contributed by atoms with Gasteiger partial charge in [0.05, 0.1) is 0 Å². The molecule has 14 heavy (non-hydrogen) atoms. The first-order chi connectivity index (χ1) is 4.91. The van der Waals surface area contributed by atoms with Crippen molar-refractivity contribution in [2.75, 3.05) is 0 Å². The van der Waals surface area contributed by atoms with E-state index in [1.807, 2.05) is 0 Å². The molecule has 1 heterocycles. The summed E-state index contributed by atoms with van der Waals surface area (Å²) in [5, 5.41) is 8.26. The van der Waals surface area contributed by atoms with E-state index in [4.69, 9.17) is 13.0 Å². The van der Waals surface area contributed by atoms with Crippen LogP contribution in [0.2, 0.25) is 0 Å². The molecule has 1 fully saturated rings. The summed E-state index contributed by atoms with van der Waals surface area (Å²) in [6, 6.07) is 0. The Kier molecular flexibility index (Phi) is 18.5. The molecule has 0 atom stereocenters. The van der Waals surface area contributed by atoms with E-state index in [2.05, 4.69) is 14.0 Å². The summed E-state index contributed by atoms with van der Waals surface area (Å²) in [6.45, 7) is 0. The van der Waals surface area contributed by atoms with Gasteiger partial charge in [0, 0.05) is 58.4 Å². The van der Waals surface area contributed by atoms with Crippen LogP contribution in [-0.2, 0) is 107 Å². The summed E-state index contributed by atoms with van der Waals surface area (Å²) in [6.07, 6.45) is -2.60. The summed E-state index contributed by atoms with van der Waals surface area (Å²) in [5.74, 6) is 0. The van der Waals surface area contributed by atoms with Crippen molar-refractivity contribution >= 4 is 10.4 Å². The fourth-order valence-corrected chi connectivity index (χ4v) is 0.518. The zero-order chi connectivity index (χ0) is 9.12. The average Bonchev–Trinajstić information content (AvgIpc) is 2.48. The van der Waals surface area contributed by atoms with Crippen LogP contribution in [0.25, 0.3) is 0 Å². The Morgan fingerprint density at radius 2 is 1.43 bits per heavy atom. The van der Waals surface area contributed by atoms with Crippen molar-refractivity contribution in [1.82, 2.24) is 0 Å². The van der Waals surface area contributed by atoms with Crippen LogP contribution in [0.4, 0.5) is 0 Å². The molecule has 1 aliphatic rings. The van der Waals surface area contributed by atoms with Crippen molar-refractivity contribution in [3.8, 4) is 0 Å². The van der Waals surface area contributed by atoms with E-state index in [0.29, 0.717) is 0 Å². The standard InChI is InChI=1S/CH2O7S.O.Ti.3Zn/c2-1(6-7-1)8-9(3,4)5;;;;;/h2H,(H,3,4,5);;;;;. The second-order valence-electron chi connectivity index (χ2n) is 1.20. The number of rotatable bonds is 2. The minimum absolute atomic E-state index is 0. The second-order valence-corrected chi connectivity index (χ2v) is 2.22. The maximum absolute atomic E-state index is 9.70. The van der Waals surface area contributed by atoms with E-state index in [1.54, 1.807) is 0 Å². The predicted molar refractivity (Wildman–Crippen MR) is 20.4 cm³/mol. The van der Waals surface area contributed by atoms with Crippen molar-refractivity contribution in [3.05, 3.63) is 0 Å². The van der Waals surface area contributed by atoms with Crippen LogP contribution >= 0.6 is 0 Å². The van der Waals surface area contributed by atoms with E-state index < -0.39 is 16.6 Å². The number of hydrogen-bond donors (Lipinski definition) is 2. The Hall–Kier alpha value is 2.13. The smallest absolute Gasteiger partial charge is 0 e. The molecule has 2 N–H and O–H groups in total. The predicted octanol–water partition coefficient (Wildman–Crippen LogP) is -1.76. The fourth-order valence-electron chi connectivity index (χ4n) is 0.197. The molecule has 0 amide bonds. The third kappa shape index (κ3) is 14.1. The molecule has 0 aromatic carbocycles. The van der Waals surface area contributed by atoms with E-state index in [1.165, 1.54) is 0 Å². The van der Waals surface area contributed by atoms with Gasteiger partial charge in [-0.3, -0.25) is 4.55 Å². The van der Waals surface area contributed by atoms with Gasteiger partial charge in [0.25, 0.3) is 0 Å². The molecule has 0 unspecified atom stereocenters. The SMILES string of the molecule is O=S(=O)(O)OC1(O)OO1.[O]=[Ti].[Zn].[Zn].[Zn]. The van der Waals surface area contributed by atoms with Crippen LogP contribution in [0.3, 0.4) is 0 Å². The molecule has 13 heteroatoms. The monoisotopic (exact) mass is 414 g/mol. The molecule has 0 bridgehead atoms. The third-order valence-electron chi connectivity index (χ3n) is 0.437. The number of hydrogen-bond acceptors (Lipinski definition) is 7. The molecular weight excluding hydrogens is 416 g/mol. The first-order valence-electron chi connectivity index (χ1n) is 1.89. The molecular formula is CH2O8STiZn3. The van der Waals surface area contributed by atoms with Gasteiger partial charge < -0.3 is 5.11 Å². The molecule has 1 rings (SSSR count). The van der Waals surface area contributed by atoms with Crippen LogP contribution in [0.5, 0.6) is 0 Å². The third-order valence-corrected chi connectivity index (χ3v) is 0.858. The zero-order valence-corrected chi connectivity index (χ0v) is 18.2.